The van der Waals surface area contributed by atoms with E-state index in [0.29, 0.717) is 5.39 Å². The van der Waals surface area contributed by atoms with Gasteiger partial charge in [-0.1, -0.05) is 18.2 Å². The van der Waals surface area contributed by atoms with E-state index in [1.807, 2.05) is 0 Å². The molecule has 0 unspecified atom stereocenters. The van der Waals surface area contributed by atoms with Crippen LogP contribution in [-0.4, -0.2) is 13.0 Å². The molecule has 1 heterocycles. The maximum absolute atomic E-state index is 11.7. The molecular weight excluding hydrogens is 224 g/mol. The van der Waals surface area contributed by atoms with Gasteiger partial charge in [-0.05, 0) is 11.2 Å². The van der Waals surface area contributed by atoms with Gasteiger partial charge in [0.05, 0.1) is 5.56 Å². The van der Waals surface area contributed by atoms with Crippen molar-refractivity contribution < 1.29 is 9.21 Å². The van der Waals surface area contributed by atoms with Gasteiger partial charge in [0.25, 0.3) is 5.91 Å². The lowest BCUT2D eigenvalue weighted by atomic mass is 10.1. The summed E-state index contributed by atoms with van der Waals surface area (Å²) in [6, 6.07) is 6.45. The topological polar surface area (TPSA) is 88.7 Å². The summed E-state index contributed by atoms with van der Waals surface area (Å²) in [6.07, 6.45) is 0. The third-order valence-corrected chi connectivity index (χ3v) is 2.33. The lowest BCUT2D eigenvalue weighted by molar-refractivity contribution is 0.0965. The molecule has 6 heteroatoms. The fraction of sp³-hybridized carbons (Fsp3) is 0.0909. The van der Waals surface area contributed by atoms with E-state index in [9.17, 15) is 14.5 Å². The van der Waals surface area contributed by atoms with Crippen LogP contribution in [0.5, 0.6) is 0 Å². The second-order valence-corrected chi connectivity index (χ2v) is 3.28. The number of benzene rings is 1. The van der Waals surface area contributed by atoms with Crippen molar-refractivity contribution in [1.29, 1.82) is 0 Å². The van der Waals surface area contributed by atoms with E-state index in [-0.39, 0.29) is 11.1 Å². The third kappa shape index (κ3) is 1.69. The number of rotatable bonds is 2. The first kappa shape index (κ1) is 11.0. The van der Waals surface area contributed by atoms with Gasteiger partial charge in [-0.3, -0.25) is 4.79 Å². The Morgan fingerprint density at radius 1 is 1.35 bits per heavy atom. The van der Waals surface area contributed by atoms with Crippen LogP contribution in [0.25, 0.3) is 11.0 Å². The Bertz CT molecular complexity index is 660. The van der Waals surface area contributed by atoms with Crippen molar-refractivity contribution in [3.05, 3.63) is 45.2 Å². The molecule has 0 atom stereocenters. The second-order valence-electron chi connectivity index (χ2n) is 3.28. The van der Waals surface area contributed by atoms with Gasteiger partial charge in [0.15, 0.2) is 0 Å². The van der Waals surface area contributed by atoms with E-state index in [2.05, 4.69) is 10.5 Å². The first-order valence-corrected chi connectivity index (χ1v) is 4.80. The molecule has 0 saturated heterocycles. The van der Waals surface area contributed by atoms with Gasteiger partial charge < -0.3 is 9.73 Å². The van der Waals surface area contributed by atoms with Crippen molar-refractivity contribution in [3.63, 3.8) is 0 Å². The predicted octanol–water partition coefficient (Wildman–Crippen LogP) is 1.55. The average molecular weight is 232 g/mol. The van der Waals surface area contributed by atoms with Crippen LogP contribution < -0.4 is 10.9 Å². The van der Waals surface area contributed by atoms with Crippen LogP contribution >= 0.6 is 0 Å². The molecule has 1 amide bonds. The van der Waals surface area contributed by atoms with Crippen LogP contribution in [-0.2, 0) is 0 Å². The number of hydrogen-bond donors (Lipinski definition) is 1. The second kappa shape index (κ2) is 4.17. The molecule has 0 fully saturated rings. The highest BCUT2D eigenvalue weighted by Gasteiger charge is 2.20. The van der Waals surface area contributed by atoms with Gasteiger partial charge in [-0.2, -0.15) is 0 Å². The zero-order valence-corrected chi connectivity index (χ0v) is 8.89. The number of carbonyl (C=O) groups is 1. The minimum Gasteiger partial charge on any atom is -0.421 e. The van der Waals surface area contributed by atoms with Gasteiger partial charge in [0.2, 0.25) is 5.69 Å². The molecule has 0 spiro atoms. The molecule has 1 aromatic heterocycles. The highest BCUT2D eigenvalue weighted by molar-refractivity contribution is 6.09. The summed E-state index contributed by atoms with van der Waals surface area (Å²) in [5.74, 6) is -0.552. The molecule has 1 aromatic carbocycles. The van der Waals surface area contributed by atoms with Crippen LogP contribution in [0.3, 0.4) is 0 Å². The summed E-state index contributed by atoms with van der Waals surface area (Å²) < 4.78 is 4.89. The zero-order chi connectivity index (χ0) is 12.4. The molecule has 0 aliphatic carbocycles. The summed E-state index contributed by atoms with van der Waals surface area (Å²) in [5.41, 5.74) is -1.25. The molecule has 6 nitrogen and oxygen atoms in total. The largest absolute Gasteiger partial charge is 0.421 e. The van der Waals surface area contributed by atoms with E-state index in [1.54, 1.807) is 18.2 Å². The minimum atomic E-state index is -0.919. The molecule has 0 aliphatic rings. The summed E-state index contributed by atoms with van der Waals surface area (Å²) in [7, 11) is 1.40. The minimum absolute atomic E-state index is 0.0608. The summed E-state index contributed by atoms with van der Waals surface area (Å²) >= 11 is 0. The van der Waals surface area contributed by atoms with Gasteiger partial charge in [0.1, 0.15) is 5.58 Å². The molecule has 0 saturated carbocycles. The quantitative estimate of drug-likeness (QED) is 0.628. The molecule has 2 aromatic rings. The van der Waals surface area contributed by atoms with E-state index < -0.39 is 17.2 Å². The lowest BCUT2D eigenvalue weighted by Crippen LogP contribution is -2.20. The number of carbonyl (C=O) groups excluding carboxylic acids is 1. The number of nitroso groups, excluding NO2 is 1. The number of hydrogen-bond acceptors (Lipinski definition) is 5. The standard InChI is InChI=1S/C11H8N2O4/c1-12-10(14)8-6-4-2-3-5-7(6)17-11(15)9(8)13-16/h2-5H,1H3,(H,12,14). The fourth-order valence-electron chi connectivity index (χ4n) is 1.58. The van der Waals surface area contributed by atoms with Crippen molar-refractivity contribution in [3.8, 4) is 0 Å². The number of para-hydroxylation sites is 1. The van der Waals surface area contributed by atoms with Crippen LogP contribution in [0.2, 0.25) is 0 Å². The average Bonchev–Trinajstić information content (AvgIpc) is 2.36. The van der Waals surface area contributed by atoms with E-state index >= 15 is 0 Å². The van der Waals surface area contributed by atoms with Crippen molar-refractivity contribution in [2.24, 2.45) is 5.18 Å². The molecule has 0 radical (unpaired) electrons. The van der Waals surface area contributed by atoms with Gasteiger partial charge in [-0.15, -0.1) is 4.91 Å². The van der Waals surface area contributed by atoms with Crippen LogP contribution in [0.4, 0.5) is 5.69 Å². The third-order valence-electron chi connectivity index (χ3n) is 2.33. The first-order valence-electron chi connectivity index (χ1n) is 4.80. The fourth-order valence-corrected chi connectivity index (χ4v) is 1.58. The van der Waals surface area contributed by atoms with Gasteiger partial charge >= 0.3 is 5.63 Å². The van der Waals surface area contributed by atoms with Crippen molar-refractivity contribution >= 4 is 22.6 Å². The summed E-state index contributed by atoms with van der Waals surface area (Å²) in [4.78, 5) is 33.8. The molecule has 2 rings (SSSR count). The van der Waals surface area contributed by atoms with Gasteiger partial charge in [-0.25, -0.2) is 4.79 Å². The van der Waals surface area contributed by atoms with Crippen molar-refractivity contribution in [2.45, 2.75) is 0 Å². The Morgan fingerprint density at radius 3 is 2.71 bits per heavy atom. The molecule has 1 N–H and O–H groups in total. The van der Waals surface area contributed by atoms with Crippen LogP contribution in [0, 0.1) is 4.91 Å². The van der Waals surface area contributed by atoms with Gasteiger partial charge in [0, 0.05) is 12.4 Å². The highest BCUT2D eigenvalue weighted by atomic mass is 16.4. The maximum Gasteiger partial charge on any atom is 0.366 e. The highest BCUT2D eigenvalue weighted by Crippen LogP contribution is 2.24. The lowest BCUT2D eigenvalue weighted by Gasteiger charge is -2.05. The van der Waals surface area contributed by atoms with E-state index in [4.69, 9.17) is 4.42 Å². The van der Waals surface area contributed by atoms with E-state index in [1.165, 1.54) is 13.1 Å². The summed E-state index contributed by atoms with van der Waals surface area (Å²) in [5, 5.41) is 5.31. The number of fused-ring (bicyclic) bond motifs is 1. The Hall–Kier alpha value is -2.50. The zero-order valence-electron chi connectivity index (χ0n) is 8.89. The first-order chi connectivity index (χ1) is 8.19. The molecule has 0 aliphatic heterocycles. The predicted molar refractivity (Wildman–Crippen MR) is 61.3 cm³/mol. The van der Waals surface area contributed by atoms with E-state index in [0.717, 1.165) is 0 Å². The normalized spacial score (nSPS) is 10.2. The van der Waals surface area contributed by atoms with Crippen molar-refractivity contribution in [2.75, 3.05) is 7.05 Å². The Balaban J connectivity index is 2.97. The number of amides is 1. The van der Waals surface area contributed by atoms with Crippen LogP contribution in [0.1, 0.15) is 10.4 Å². The van der Waals surface area contributed by atoms with Crippen molar-refractivity contribution in [1.82, 2.24) is 5.32 Å². The Labute approximate surface area is 95.2 Å². The Kier molecular flexibility index (Phi) is 2.70. The molecule has 86 valence electrons. The molecule has 17 heavy (non-hydrogen) atoms. The maximum atomic E-state index is 11.7. The SMILES string of the molecule is CNC(=O)c1c(N=O)c(=O)oc2ccccc12. The number of nitrogens with one attached hydrogen (secondary N) is 1. The molecular formula is C11H8N2O4. The number of nitrogens with zero attached hydrogens (tertiary/aromatic N) is 1. The van der Waals surface area contributed by atoms with Crippen LogP contribution in [0.15, 0.2) is 38.7 Å². The monoisotopic (exact) mass is 232 g/mol. The summed E-state index contributed by atoms with van der Waals surface area (Å²) in [6.45, 7) is 0. The smallest absolute Gasteiger partial charge is 0.366 e. The Morgan fingerprint density at radius 2 is 2.06 bits per heavy atom. The molecule has 0 bridgehead atoms.